The lowest BCUT2D eigenvalue weighted by Crippen LogP contribution is -2.26. The van der Waals surface area contributed by atoms with Gasteiger partial charge in [0.2, 0.25) is 0 Å². The maximum Gasteiger partial charge on any atom is 0.0701 e. The number of nitrogens with one attached hydrogen (secondary N) is 1. The second-order valence-electron chi connectivity index (χ2n) is 4.79. The fourth-order valence-corrected chi connectivity index (χ4v) is 2.71. The number of halogens is 1. The molecule has 3 nitrogen and oxygen atoms in total. The molecule has 1 atom stereocenters. The molecule has 0 amide bonds. The number of hydrogen-bond donors (Lipinski definition) is 1. The fraction of sp³-hybridized carbons (Fsp3) is 0.750. The zero-order chi connectivity index (χ0) is 11.7. The first kappa shape index (κ1) is 12.1. The van der Waals surface area contributed by atoms with Crippen LogP contribution in [-0.2, 0) is 0 Å². The van der Waals surface area contributed by atoms with Crippen LogP contribution in [0.2, 0.25) is 0 Å². The molecular weight excluding hydrogens is 266 g/mol. The van der Waals surface area contributed by atoms with Gasteiger partial charge in [0.1, 0.15) is 0 Å². The van der Waals surface area contributed by atoms with Crippen LogP contribution < -0.4 is 5.32 Å². The van der Waals surface area contributed by atoms with Gasteiger partial charge in [-0.25, -0.2) is 0 Å². The van der Waals surface area contributed by atoms with E-state index in [0.717, 1.165) is 16.9 Å². The van der Waals surface area contributed by atoms with Crippen molar-refractivity contribution in [1.82, 2.24) is 15.1 Å². The molecule has 0 spiro atoms. The first-order chi connectivity index (χ1) is 7.65. The summed E-state index contributed by atoms with van der Waals surface area (Å²) in [4.78, 5) is 0. The van der Waals surface area contributed by atoms with Gasteiger partial charge in [-0.05, 0) is 55.1 Å². The Labute approximate surface area is 106 Å². The van der Waals surface area contributed by atoms with Gasteiger partial charge in [-0.1, -0.05) is 6.92 Å². The van der Waals surface area contributed by atoms with E-state index in [9.17, 15) is 0 Å². The summed E-state index contributed by atoms with van der Waals surface area (Å²) >= 11 is 3.63. The molecule has 1 N–H and O–H groups in total. The second kappa shape index (κ2) is 4.88. The minimum atomic E-state index is 0.418. The summed E-state index contributed by atoms with van der Waals surface area (Å²) in [6.45, 7) is 7.54. The molecule has 1 fully saturated rings. The van der Waals surface area contributed by atoms with Crippen LogP contribution in [0.25, 0.3) is 0 Å². The van der Waals surface area contributed by atoms with Crippen LogP contribution in [0.3, 0.4) is 0 Å². The summed E-state index contributed by atoms with van der Waals surface area (Å²) in [6, 6.07) is 0.880. The van der Waals surface area contributed by atoms with E-state index in [0.29, 0.717) is 12.1 Å². The van der Waals surface area contributed by atoms with Gasteiger partial charge in [0.25, 0.3) is 0 Å². The Balaban J connectivity index is 2.31. The Bertz CT molecular complexity index is 355. The Hall–Kier alpha value is -0.350. The standard InChI is InChI=1S/C12H20BrN3/c1-4-14-11(9-5-6-9)12-10(13)7-15-16(12)8(2)3/h7-9,11,14H,4-6H2,1-3H3. The van der Waals surface area contributed by atoms with Crippen molar-refractivity contribution in [1.29, 1.82) is 0 Å². The normalized spacial score (nSPS) is 18.1. The summed E-state index contributed by atoms with van der Waals surface area (Å²) in [5.74, 6) is 0.797. The van der Waals surface area contributed by atoms with E-state index in [2.05, 4.69) is 51.8 Å². The number of hydrogen-bond acceptors (Lipinski definition) is 2. The van der Waals surface area contributed by atoms with Crippen LogP contribution >= 0.6 is 15.9 Å². The highest BCUT2D eigenvalue weighted by Crippen LogP contribution is 2.43. The highest BCUT2D eigenvalue weighted by atomic mass is 79.9. The molecule has 1 unspecified atom stereocenters. The van der Waals surface area contributed by atoms with Crippen LogP contribution in [0, 0.1) is 5.92 Å². The highest BCUT2D eigenvalue weighted by molar-refractivity contribution is 9.10. The monoisotopic (exact) mass is 285 g/mol. The van der Waals surface area contributed by atoms with E-state index < -0.39 is 0 Å². The van der Waals surface area contributed by atoms with E-state index >= 15 is 0 Å². The lowest BCUT2D eigenvalue weighted by molar-refractivity contribution is 0.420. The topological polar surface area (TPSA) is 29.9 Å². The van der Waals surface area contributed by atoms with Crippen molar-refractivity contribution in [3.8, 4) is 0 Å². The number of aromatic nitrogens is 2. The Kier molecular flexibility index (Phi) is 3.70. The van der Waals surface area contributed by atoms with Gasteiger partial charge in [0, 0.05) is 6.04 Å². The Morgan fingerprint density at radius 2 is 2.25 bits per heavy atom. The van der Waals surface area contributed by atoms with Crippen LogP contribution in [-0.4, -0.2) is 16.3 Å². The molecule has 0 radical (unpaired) electrons. The van der Waals surface area contributed by atoms with Crippen molar-refractivity contribution in [2.24, 2.45) is 5.92 Å². The van der Waals surface area contributed by atoms with E-state index in [4.69, 9.17) is 0 Å². The van der Waals surface area contributed by atoms with Gasteiger partial charge in [0.05, 0.1) is 22.4 Å². The predicted octanol–water partition coefficient (Wildman–Crippen LogP) is 3.29. The minimum Gasteiger partial charge on any atom is -0.309 e. The highest BCUT2D eigenvalue weighted by Gasteiger charge is 2.35. The molecule has 0 bridgehead atoms. The van der Waals surface area contributed by atoms with E-state index in [1.54, 1.807) is 0 Å². The summed E-state index contributed by atoms with van der Waals surface area (Å²) in [5.41, 5.74) is 1.32. The average Bonchev–Trinajstić information content (AvgIpc) is 2.99. The summed E-state index contributed by atoms with van der Waals surface area (Å²) < 4.78 is 3.27. The molecule has 1 aromatic rings. The van der Waals surface area contributed by atoms with Crippen LogP contribution in [0.4, 0.5) is 0 Å². The van der Waals surface area contributed by atoms with Gasteiger partial charge < -0.3 is 5.32 Å². The quantitative estimate of drug-likeness (QED) is 0.900. The largest absolute Gasteiger partial charge is 0.309 e. The molecule has 0 saturated heterocycles. The minimum absolute atomic E-state index is 0.418. The summed E-state index contributed by atoms with van der Waals surface area (Å²) in [6.07, 6.45) is 4.60. The molecule has 0 aliphatic heterocycles. The van der Waals surface area contributed by atoms with Gasteiger partial charge in [-0.3, -0.25) is 4.68 Å². The second-order valence-corrected chi connectivity index (χ2v) is 5.64. The zero-order valence-corrected chi connectivity index (χ0v) is 11.8. The van der Waals surface area contributed by atoms with Crippen LogP contribution in [0.15, 0.2) is 10.7 Å². The predicted molar refractivity (Wildman–Crippen MR) is 69.5 cm³/mol. The van der Waals surface area contributed by atoms with Crippen molar-refractivity contribution >= 4 is 15.9 Å². The van der Waals surface area contributed by atoms with Gasteiger partial charge >= 0.3 is 0 Å². The molecule has 1 saturated carbocycles. The molecule has 0 aromatic carbocycles. The summed E-state index contributed by atoms with van der Waals surface area (Å²) in [7, 11) is 0. The molecule has 4 heteroatoms. The third-order valence-electron chi connectivity index (χ3n) is 3.09. The van der Waals surface area contributed by atoms with E-state index in [1.165, 1.54) is 18.5 Å². The number of rotatable bonds is 5. The lowest BCUT2D eigenvalue weighted by Gasteiger charge is -2.21. The maximum atomic E-state index is 4.46. The van der Waals surface area contributed by atoms with E-state index in [-0.39, 0.29) is 0 Å². The van der Waals surface area contributed by atoms with Crippen molar-refractivity contribution < 1.29 is 0 Å². The molecule has 16 heavy (non-hydrogen) atoms. The zero-order valence-electron chi connectivity index (χ0n) is 10.2. The SMILES string of the molecule is CCNC(c1c(Br)cnn1C(C)C)C1CC1. The van der Waals surface area contributed by atoms with E-state index in [1.807, 2.05) is 6.20 Å². The first-order valence-electron chi connectivity index (χ1n) is 6.11. The average molecular weight is 286 g/mol. The van der Waals surface area contributed by atoms with Crippen molar-refractivity contribution in [3.63, 3.8) is 0 Å². The van der Waals surface area contributed by atoms with Gasteiger partial charge in [-0.15, -0.1) is 0 Å². The molecule has 1 heterocycles. The fourth-order valence-electron chi connectivity index (χ4n) is 2.19. The summed E-state index contributed by atoms with van der Waals surface area (Å²) in [5, 5.41) is 8.05. The van der Waals surface area contributed by atoms with Crippen LogP contribution in [0.5, 0.6) is 0 Å². The maximum absolute atomic E-state index is 4.46. The number of nitrogens with zero attached hydrogens (tertiary/aromatic N) is 2. The van der Waals surface area contributed by atoms with Crippen molar-refractivity contribution in [2.45, 2.75) is 45.7 Å². The van der Waals surface area contributed by atoms with Crippen molar-refractivity contribution in [2.75, 3.05) is 6.54 Å². The molecule has 1 aliphatic carbocycles. The van der Waals surface area contributed by atoms with Crippen LogP contribution in [0.1, 0.15) is 51.4 Å². The molecular formula is C12H20BrN3. The third-order valence-corrected chi connectivity index (χ3v) is 3.70. The Morgan fingerprint density at radius 3 is 2.75 bits per heavy atom. The van der Waals surface area contributed by atoms with Gasteiger partial charge in [0.15, 0.2) is 0 Å². The first-order valence-corrected chi connectivity index (χ1v) is 6.90. The third kappa shape index (κ3) is 2.33. The molecule has 90 valence electrons. The van der Waals surface area contributed by atoms with Crippen molar-refractivity contribution in [3.05, 3.63) is 16.4 Å². The molecule has 1 aliphatic rings. The molecule has 2 rings (SSSR count). The Morgan fingerprint density at radius 1 is 1.56 bits per heavy atom. The molecule has 1 aromatic heterocycles. The smallest absolute Gasteiger partial charge is 0.0701 e. The lowest BCUT2D eigenvalue weighted by atomic mass is 10.1. The van der Waals surface area contributed by atoms with Gasteiger partial charge in [-0.2, -0.15) is 5.10 Å².